The molecule has 0 radical (unpaired) electrons. The lowest BCUT2D eigenvalue weighted by atomic mass is 9.98. The first-order chi connectivity index (χ1) is 8.83. The molecule has 1 aliphatic rings. The van der Waals surface area contributed by atoms with Crippen molar-refractivity contribution in [2.75, 3.05) is 18.0 Å². The summed E-state index contributed by atoms with van der Waals surface area (Å²) >= 11 is 0. The Morgan fingerprint density at radius 2 is 1.95 bits per heavy atom. The van der Waals surface area contributed by atoms with Crippen LogP contribution in [0.15, 0.2) is 24.3 Å². The highest BCUT2D eigenvalue weighted by Crippen LogP contribution is 2.28. The third-order valence-corrected chi connectivity index (χ3v) is 3.51. The van der Waals surface area contributed by atoms with Crippen LogP contribution in [0.4, 0.5) is 10.5 Å². The Hall–Kier alpha value is -2.04. The van der Waals surface area contributed by atoms with Gasteiger partial charge >= 0.3 is 6.09 Å². The first-order valence-corrected chi connectivity index (χ1v) is 6.19. The number of hydrogen-bond acceptors (Lipinski definition) is 2. The van der Waals surface area contributed by atoms with E-state index in [1.54, 1.807) is 4.90 Å². The highest BCUT2D eigenvalue weighted by molar-refractivity contribution is 5.98. The summed E-state index contributed by atoms with van der Waals surface area (Å²) in [7, 11) is 0. The molecule has 1 aliphatic heterocycles. The van der Waals surface area contributed by atoms with E-state index < -0.39 is 11.6 Å². The summed E-state index contributed by atoms with van der Waals surface area (Å²) in [6.45, 7) is 5.87. The number of aryl methyl sites for hydroxylation is 1. The molecular weight excluding hydrogens is 244 g/mol. The summed E-state index contributed by atoms with van der Waals surface area (Å²) in [5.74, 6) is -0.184. The van der Waals surface area contributed by atoms with E-state index in [2.05, 4.69) is 0 Å². The van der Waals surface area contributed by atoms with Gasteiger partial charge in [-0.05, 0) is 32.4 Å². The van der Waals surface area contributed by atoms with Crippen molar-refractivity contribution in [1.82, 2.24) is 4.90 Å². The van der Waals surface area contributed by atoms with Crippen LogP contribution in [0.5, 0.6) is 0 Å². The third kappa shape index (κ3) is 2.41. The van der Waals surface area contributed by atoms with Crippen molar-refractivity contribution in [1.29, 1.82) is 0 Å². The van der Waals surface area contributed by atoms with Gasteiger partial charge in [0, 0.05) is 12.2 Å². The van der Waals surface area contributed by atoms with Gasteiger partial charge in [0.1, 0.15) is 6.54 Å². The largest absolute Gasteiger partial charge is 0.465 e. The van der Waals surface area contributed by atoms with Crippen LogP contribution in [0.1, 0.15) is 19.4 Å². The smallest absolute Gasteiger partial charge is 0.408 e. The number of nitrogens with zero attached hydrogens (tertiary/aromatic N) is 2. The lowest BCUT2D eigenvalue weighted by Crippen LogP contribution is -2.63. The second-order valence-electron chi connectivity index (χ2n) is 5.45. The Morgan fingerprint density at radius 1 is 1.32 bits per heavy atom. The zero-order valence-corrected chi connectivity index (χ0v) is 11.4. The molecule has 5 nitrogen and oxygen atoms in total. The molecule has 5 heteroatoms. The fraction of sp³-hybridized carbons (Fsp3) is 0.429. The first kappa shape index (κ1) is 13.4. The predicted molar refractivity (Wildman–Crippen MR) is 72.3 cm³/mol. The molecule has 19 heavy (non-hydrogen) atoms. The van der Waals surface area contributed by atoms with E-state index in [0.29, 0.717) is 6.54 Å². The molecule has 0 spiro atoms. The van der Waals surface area contributed by atoms with Crippen molar-refractivity contribution in [3.63, 3.8) is 0 Å². The van der Waals surface area contributed by atoms with E-state index in [-0.39, 0.29) is 12.5 Å². The third-order valence-electron chi connectivity index (χ3n) is 3.51. The molecule has 0 bridgehead atoms. The molecule has 1 aromatic rings. The molecule has 2 amide bonds. The van der Waals surface area contributed by atoms with E-state index in [4.69, 9.17) is 5.11 Å². The summed E-state index contributed by atoms with van der Waals surface area (Å²) in [6, 6.07) is 7.63. The van der Waals surface area contributed by atoms with Gasteiger partial charge in [0.25, 0.3) is 0 Å². The molecule has 0 aromatic heterocycles. The lowest BCUT2D eigenvalue weighted by Gasteiger charge is -2.45. The zero-order valence-electron chi connectivity index (χ0n) is 11.4. The van der Waals surface area contributed by atoms with Gasteiger partial charge in [-0.1, -0.05) is 18.2 Å². The summed E-state index contributed by atoms with van der Waals surface area (Å²) < 4.78 is 0. The summed E-state index contributed by atoms with van der Waals surface area (Å²) in [5, 5.41) is 9.16. The molecule has 1 heterocycles. The van der Waals surface area contributed by atoms with E-state index in [1.807, 2.05) is 45.0 Å². The summed E-state index contributed by atoms with van der Waals surface area (Å²) in [6.07, 6.45) is -1.05. The van der Waals surface area contributed by atoms with Crippen LogP contribution in [0, 0.1) is 6.92 Å². The highest BCUT2D eigenvalue weighted by atomic mass is 16.4. The van der Waals surface area contributed by atoms with Crippen LogP contribution in [0.25, 0.3) is 0 Å². The molecule has 0 aliphatic carbocycles. The molecular formula is C14H18N2O3. The lowest BCUT2D eigenvalue weighted by molar-refractivity contribution is -0.123. The fourth-order valence-electron chi connectivity index (χ4n) is 2.41. The van der Waals surface area contributed by atoms with Crippen LogP contribution in [-0.4, -0.2) is 40.6 Å². The molecule has 1 aromatic carbocycles. The molecule has 1 N–H and O–H groups in total. The highest BCUT2D eigenvalue weighted by Gasteiger charge is 2.41. The predicted octanol–water partition coefficient (Wildman–Crippen LogP) is 2.10. The maximum absolute atomic E-state index is 12.2. The number of carbonyl (C=O) groups excluding carboxylic acids is 1. The molecule has 0 saturated carbocycles. The molecule has 1 saturated heterocycles. The molecule has 102 valence electrons. The van der Waals surface area contributed by atoms with Crippen molar-refractivity contribution < 1.29 is 14.7 Å². The summed E-state index contributed by atoms with van der Waals surface area (Å²) in [4.78, 5) is 26.2. The van der Waals surface area contributed by atoms with Crippen LogP contribution >= 0.6 is 0 Å². The van der Waals surface area contributed by atoms with Crippen molar-refractivity contribution >= 4 is 17.7 Å². The molecule has 0 unspecified atom stereocenters. The zero-order chi connectivity index (χ0) is 14.2. The van der Waals surface area contributed by atoms with Gasteiger partial charge in [-0.15, -0.1) is 0 Å². The van der Waals surface area contributed by atoms with Gasteiger partial charge in [0.15, 0.2) is 0 Å². The van der Waals surface area contributed by atoms with Gasteiger partial charge in [0.05, 0.1) is 5.54 Å². The fourth-order valence-corrected chi connectivity index (χ4v) is 2.41. The quantitative estimate of drug-likeness (QED) is 0.843. The number of piperazine rings is 1. The summed E-state index contributed by atoms with van der Waals surface area (Å²) in [5.41, 5.74) is 1.27. The Morgan fingerprint density at radius 3 is 2.53 bits per heavy atom. The van der Waals surface area contributed by atoms with E-state index >= 15 is 0 Å². The van der Waals surface area contributed by atoms with Crippen LogP contribution in [0.2, 0.25) is 0 Å². The van der Waals surface area contributed by atoms with E-state index in [9.17, 15) is 9.59 Å². The van der Waals surface area contributed by atoms with Crippen LogP contribution in [0.3, 0.4) is 0 Å². The number of anilines is 1. The number of carboxylic acid groups (broad SMARTS) is 1. The monoisotopic (exact) mass is 262 g/mol. The standard InChI is InChI=1S/C14H18N2O3/c1-10-6-4-5-7-11(10)15-9-14(2,3)16(13(18)19)8-12(15)17/h4-7H,8-9H2,1-3H3,(H,18,19). The minimum Gasteiger partial charge on any atom is -0.465 e. The molecule has 0 atom stereocenters. The van der Waals surface area contributed by atoms with Gasteiger partial charge < -0.3 is 10.0 Å². The van der Waals surface area contributed by atoms with Crippen LogP contribution in [-0.2, 0) is 4.79 Å². The van der Waals surface area contributed by atoms with Gasteiger partial charge in [-0.2, -0.15) is 0 Å². The second-order valence-corrected chi connectivity index (χ2v) is 5.45. The minimum atomic E-state index is -1.05. The Labute approximate surface area is 112 Å². The molecule has 1 fully saturated rings. The first-order valence-electron chi connectivity index (χ1n) is 6.19. The number of para-hydroxylation sites is 1. The number of carbonyl (C=O) groups is 2. The van der Waals surface area contributed by atoms with Gasteiger partial charge in [-0.3, -0.25) is 9.69 Å². The average molecular weight is 262 g/mol. The van der Waals surface area contributed by atoms with Gasteiger partial charge in [-0.25, -0.2) is 4.79 Å². The maximum Gasteiger partial charge on any atom is 0.408 e. The number of amides is 2. The Kier molecular flexibility index (Phi) is 3.22. The van der Waals surface area contributed by atoms with E-state index in [0.717, 1.165) is 11.3 Å². The van der Waals surface area contributed by atoms with Crippen molar-refractivity contribution in [3.8, 4) is 0 Å². The molecule has 2 rings (SSSR count). The normalized spacial score (nSPS) is 18.6. The number of rotatable bonds is 1. The van der Waals surface area contributed by atoms with E-state index in [1.165, 1.54) is 4.90 Å². The number of hydrogen-bond donors (Lipinski definition) is 1. The van der Waals surface area contributed by atoms with Crippen molar-refractivity contribution in [2.45, 2.75) is 26.3 Å². The maximum atomic E-state index is 12.2. The SMILES string of the molecule is Cc1ccccc1N1CC(C)(C)N(C(=O)O)CC1=O. The average Bonchev–Trinajstić information content (AvgIpc) is 2.32. The Balaban J connectivity index is 2.34. The topological polar surface area (TPSA) is 60.9 Å². The Bertz CT molecular complexity index is 525. The van der Waals surface area contributed by atoms with Gasteiger partial charge in [0.2, 0.25) is 5.91 Å². The van der Waals surface area contributed by atoms with Crippen LogP contribution < -0.4 is 4.90 Å². The minimum absolute atomic E-state index is 0.101. The second kappa shape index (κ2) is 4.57. The van der Waals surface area contributed by atoms with Crippen molar-refractivity contribution in [2.24, 2.45) is 0 Å². The number of benzene rings is 1. The van der Waals surface area contributed by atoms with Crippen molar-refractivity contribution in [3.05, 3.63) is 29.8 Å².